The molecule has 3 heteroatoms. The number of amides is 1. The molecule has 1 heterocycles. The van der Waals surface area contributed by atoms with Crippen LogP contribution in [0.25, 0.3) is 0 Å². The zero-order valence-electron chi connectivity index (χ0n) is 8.11. The summed E-state index contributed by atoms with van der Waals surface area (Å²) in [5.74, 6) is 0.149. The average Bonchev–Trinajstić information content (AvgIpc) is 1.78. The molecule has 1 aliphatic heterocycles. The molecule has 0 aliphatic carbocycles. The van der Waals surface area contributed by atoms with Crippen LogP contribution in [-0.4, -0.2) is 25.0 Å². The summed E-state index contributed by atoms with van der Waals surface area (Å²) in [5, 5.41) is 5.99. The Hall–Kier alpha value is -0.570. The summed E-state index contributed by atoms with van der Waals surface area (Å²) in [6, 6.07) is 0.0762. The summed E-state index contributed by atoms with van der Waals surface area (Å²) in [4.78, 5) is 11.3. The smallest absolute Gasteiger partial charge is 0.237 e. The molecule has 0 aromatic carbocycles. The molecule has 1 aliphatic rings. The minimum Gasteiger partial charge on any atom is -0.354 e. The molecule has 2 N–H and O–H groups in total. The van der Waals surface area contributed by atoms with Crippen LogP contribution in [0, 0.1) is 5.41 Å². The molecule has 1 saturated heterocycles. The number of carbonyl (C=O) groups excluding carboxylic acids is 1. The highest BCUT2D eigenvalue weighted by Crippen LogP contribution is 2.11. The van der Waals surface area contributed by atoms with Crippen LogP contribution in [0.15, 0.2) is 0 Å². The monoisotopic (exact) mass is 170 g/mol. The van der Waals surface area contributed by atoms with Crippen molar-refractivity contribution in [3.63, 3.8) is 0 Å². The number of nitrogens with one attached hydrogen (secondary N) is 2. The SMILES string of the molecule is CC(C)(C)CNC(=O)C1CCN1. The lowest BCUT2D eigenvalue weighted by atomic mass is 9.96. The molecule has 1 unspecified atom stereocenters. The van der Waals surface area contributed by atoms with Gasteiger partial charge in [0.1, 0.15) is 0 Å². The van der Waals surface area contributed by atoms with Crippen LogP contribution in [-0.2, 0) is 4.79 Å². The molecular formula is C9H18N2O. The van der Waals surface area contributed by atoms with Gasteiger partial charge in [0.15, 0.2) is 0 Å². The number of carbonyl (C=O) groups is 1. The molecule has 0 aromatic heterocycles. The van der Waals surface area contributed by atoms with E-state index in [2.05, 4.69) is 31.4 Å². The van der Waals surface area contributed by atoms with Gasteiger partial charge in [0, 0.05) is 6.54 Å². The van der Waals surface area contributed by atoms with Crippen LogP contribution in [0.1, 0.15) is 27.2 Å². The van der Waals surface area contributed by atoms with Crippen LogP contribution >= 0.6 is 0 Å². The molecule has 1 amide bonds. The van der Waals surface area contributed by atoms with E-state index in [-0.39, 0.29) is 17.4 Å². The molecule has 1 atom stereocenters. The predicted molar refractivity (Wildman–Crippen MR) is 48.9 cm³/mol. The summed E-state index contributed by atoms with van der Waals surface area (Å²) in [7, 11) is 0. The third-order valence-electron chi connectivity index (χ3n) is 1.93. The first-order valence-electron chi connectivity index (χ1n) is 4.50. The molecular weight excluding hydrogens is 152 g/mol. The molecule has 0 saturated carbocycles. The normalized spacial score (nSPS) is 23.1. The topological polar surface area (TPSA) is 41.1 Å². The van der Waals surface area contributed by atoms with Crippen molar-refractivity contribution < 1.29 is 4.79 Å². The van der Waals surface area contributed by atoms with Gasteiger partial charge in [-0.2, -0.15) is 0 Å². The number of hydrogen-bond donors (Lipinski definition) is 2. The Kier molecular flexibility index (Phi) is 2.73. The number of hydrogen-bond acceptors (Lipinski definition) is 2. The van der Waals surface area contributed by atoms with E-state index in [0.717, 1.165) is 19.5 Å². The Labute approximate surface area is 73.9 Å². The van der Waals surface area contributed by atoms with Crippen molar-refractivity contribution in [2.45, 2.75) is 33.2 Å². The van der Waals surface area contributed by atoms with E-state index < -0.39 is 0 Å². The predicted octanol–water partition coefficient (Wildman–Crippen LogP) is 0.511. The highest BCUT2D eigenvalue weighted by molar-refractivity contribution is 5.82. The second-order valence-electron chi connectivity index (χ2n) is 4.57. The van der Waals surface area contributed by atoms with Gasteiger partial charge in [0.25, 0.3) is 0 Å². The Morgan fingerprint density at radius 1 is 1.58 bits per heavy atom. The van der Waals surface area contributed by atoms with E-state index in [0.29, 0.717) is 0 Å². The Balaban J connectivity index is 2.18. The second-order valence-corrected chi connectivity index (χ2v) is 4.57. The summed E-state index contributed by atoms with van der Waals surface area (Å²) < 4.78 is 0. The van der Waals surface area contributed by atoms with Gasteiger partial charge in [0.05, 0.1) is 6.04 Å². The molecule has 12 heavy (non-hydrogen) atoms. The Bertz CT molecular complexity index is 168. The maximum Gasteiger partial charge on any atom is 0.237 e. The maximum absolute atomic E-state index is 11.3. The zero-order chi connectivity index (χ0) is 9.19. The first-order chi connectivity index (χ1) is 5.49. The zero-order valence-corrected chi connectivity index (χ0v) is 8.11. The summed E-state index contributed by atoms with van der Waals surface area (Å²) >= 11 is 0. The van der Waals surface area contributed by atoms with E-state index in [1.54, 1.807) is 0 Å². The van der Waals surface area contributed by atoms with Crippen LogP contribution in [0.2, 0.25) is 0 Å². The van der Waals surface area contributed by atoms with Gasteiger partial charge in [-0.05, 0) is 18.4 Å². The van der Waals surface area contributed by atoms with E-state index >= 15 is 0 Å². The van der Waals surface area contributed by atoms with E-state index in [9.17, 15) is 4.79 Å². The van der Waals surface area contributed by atoms with Gasteiger partial charge in [-0.25, -0.2) is 0 Å². The summed E-state index contributed by atoms with van der Waals surface area (Å²) in [6.07, 6.45) is 0.982. The van der Waals surface area contributed by atoms with Gasteiger partial charge in [-0.1, -0.05) is 20.8 Å². The lowest BCUT2D eigenvalue weighted by Gasteiger charge is -2.28. The Morgan fingerprint density at radius 2 is 2.17 bits per heavy atom. The lowest BCUT2D eigenvalue weighted by Crippen LogP contribution is -2.54. The largest absolute Gasteiger partial charge is 0.354 e. The van der Waals surface area contributed by atoms with Crippen molar-refractivity contribution in [3.05, 3.63) is 0 Å². The maximum atomic E-state index is 11.3. The molecule has 0 spiro atoms. The molecule has 0 aromatic rings. The minimum absolute atomic E-state index is 0.0762. The Morgan fingerprint density at radius 3 is 2.50 bits per heavy atom. The van der Waals surface area contributed by atoms with Gasteiger partial charge in [-0.3, -0.25) is 4.79 Å². The highest BCUT2D eigenvalue weighted by Gasteiger charge is 2.24. The van der Waals surface area contributed by atoms with Crippen molar-refractivity contribution in [2.24, 2.45) is 5.41 Å². The van der Waals surface area contributed by atoms with E-state index in [1.165, 1.54) is 0 Å². The molecule has 3 nitrogen and oxygen atoms in total. The molecule has 70 valence electrons. The van der Waals surface area contributed by atoms with Crippen LogP contribution in [0.4, 0.5) is 0 Å². The minimum atomic E-state index is 0.0762. The van der Waals surface area contributed by atoms with Gasteiger partial charge >= 0.3 is 0 Å². The van der Waals surface area contributed by atoms with Crippen molar-refractivity contribution in [2.75, 3.05) is 13.1 Å². The van der Waals surface area contributed by atoms with Crippen molar-refractivity contribution in [3.8, 4) is 0 Å². The molecule has 0 bridgehead atoms. The van der Waals surface area contributed by atoms with Crippen LogP contribution in [0.5, 0.6) is 0 Å². The van der Waals surface area contributed by atoms with Crippen molar-refractivity contribution in [1.29, 1.82) is 0 Å². The highest BCUT2D eigenvalue weighted by atomic mass is 16.2. The van der Waals surface area contributed by atoms with Crippen LogP contribution in [0.3, 0.4) is 0 Å². The van der Waals surface area contributed by atoms with Crippen molar-refractivity contribution >= 4 is 5.91 Å². The fraction of sp³-hybridized carbons (Fsp3) is 0.889. The second kappa shape index (κ2) is 3.44. The number of rotatable bonds is 2. The van der Waals surface area contributed by atoms with Crippen molar-refractivity contribution in [1.82, 2.24) is 10.6 Å². The van der Waals surface area contributed by atoms with E-state index in [4.69, 9.17) is 0 Å². The van der Waals surface area contributed by atoms with Crippen LogP contribution < -0.4 is 10.6 Å². The van der Waals surface area contributed by atoms with E-state index in [1.807, 2.05) is 0 Å². The first-order valence-corrected chi connectivity index (χ1v) is 4.50. The molecule has 1 fully saturated rings. The average molecular weight is 170 g/mol. The standard InChI is InChI=1S/C9H18N2O/c1-9(2,3)6-11-8(12)7-4-5-10-7/h7,10H,4-6H2,1-3H3,(H,11,12). The van der Waals surface area contributed by atoms with Gasteiger partial charge < -0.3 is 10.6 Å². The first kappa shape index (κ1) is 9.52. The molecule has 0 radical (unpaired) electrons. The lowest BCUT2D eigenvalue weighted by molar-refractivity contribution is -0.125. The summed E-state index contributed by atoms with van der Waals surface area (Å²) in [5.41, 5.74) is 0.180. The summed E-state index contributed by atoms with van der Waals surface area (Å²) in [6.45, 7) is 8.07. The quantitative estimate of drug-likeness (QED) is 0.634. The fourth-order valence-corrected chi connectivity index (χ4v) is 0.988. The van der Waals surface area contributed by atoms with Gasteiger partial charge in [-0.15, -0.1) is 0 Å². The van der Waals surface area contributed by atoms with Gasteiger partial charge in [0.2, 0.25) is 5.91 Å². The third-order valence-corrected chi connectivity index (χ3v) is 1.93. The molecule has 1 rings (SSSR count). The fourth-order valence-electron chi connectivity index (χ4n) is 0.988. The third kappa shape index (κ3) is 2.81.